The van der Waals surface area contributed by atoms with Crippen LogP contribution in [-0.2, 0) is 9.53 Å². The van der Waals surface area contributed by atoms with E-state index in [4.69, 9.17) is 10.00 Å². The zero-order chi connectivity index (χ0) is 11.3. The molecule has 1 fully saturated rings. The van der Waals surface area contributed by atoms with Crippen LogP contribution >= 0.6 is 0 Å². The number of hydrogen-bond donors (Lipinski definition) is 1. The molecule has 0 bridgehead atoms. The molecule has 0 unspecified atom stereocenters. The van der Waals surface area contributed by atoms with Gasteiger partial charge in [-0.3, -0.25) is 4.79 Å². The average Bonchev–Trinajstić information content (AvgIpc) is 2.19. The lowest BCUT2D eigenvalue weighted by molar-refractivity contribution is -0.133. The van der Waals surface area contributed by atoms with Crippen molar-refractivity contribution in [2.45, 2.75) is 26.2 Å². The first-order valence-electron chi connectivity index (χ1n) is 5.33. The lowest BCUT2D eigenvalue weighted by atomic mass is 9.63. The summed E-state index contributed by atoms with van der Waals surface area (Å²) in [6, 6.07) is 2.14. The van der Waals surface area contributed by atoms with Crippen LogP contribution < -0.4 is 5.32 Å². The van der Waals surface area contributed by atoms with Gasteiger partial charge in [0.15, 0.2) is 0 Å². The maximum atomic E-state index is 11.7. The molecule has 0 aromatic heterocycles. The molecule has 4 nitrogen and oxygen atoms in total. The maximum Gasteiger partial charge on any atom is 0.240 e. The van der Waals surface area contributed by atoms with Crippen molar-refractivity contribution >= 4 is 5.91 Å². The second-order valence-corrected chi connectivity index (χ2v) is 4.31. The summed E-state index contributed by atoms with van der Waals surface area (Å²) >= 11 is 0. The molecule has 15 heavy (non-hydrogen) atoms. The molecule has 0 aromatic rings. The Morgan fingerprint density at radius 3 is 2.80 bits per heavy atom. The molecule has 0 heterocycles. The lowest BCUT2D eigenvalue weighted by Gasteiger charge is -2.39. The number of nitrogens with one attached hydrogen (secondary N) is 1. The van der Waals surface area contributed by atoms with E-state index < -0.39 is 5.41 Å². The van der Waals surface area contributed by atoms with Crippen LogP contribution in [0.25, 0.3) is 0 Å². The number of nitrogens with zero attached hydrogens (tertiary/aromatic N) is 1. The molecule has 1 aliphatic carbocycles. The van der Waals surface area contributed by atoms with E-state index in [1.54, 1.807) is 7.11 Å². The van der Waals surface area contributed by atoms with Crippen molar-refractivity contribution in [2.24, 2.45) is 11.3 Å². The second kappa shape index (κ2) is 5.13. The van der Waals surface area contributed by atoms with Crippen LogP contribution in [0.5, 0.6) is 0 Å². The van der Waals surface area contributed by atoms with Crippen LogP contribution in [0.4, 0.5) is 0 Å². The summed E-state index contributed by atoms with van der Waals surface area (Å²) < 4.78 is 4.88. The number of carbonyl (C=O) groups is 1. The number of carbonyl (C=O) groups excluding carboxylic acids is 1. The summed E-state index contributed by atoms with van der Waals surface area (Å²) in [5, 5.41) is 11.8. The third-order valence-electron chi connectivity index (χ3n) is 2.85. The molecule has 1 N–H and O–H groups in total. The van der Waals surface area contributed by atoms with Crippen LogP contribution in [0.2, 0.25) is 0 Å². The molecule has 0 aliphatic heterocycles. The highest BCUT2D eigenvalue weighted by Gasteiger charge is 2.48. The van der Waals surface area contributed by atoms with Gasteiger partial charge in [-0.05, 0) is 25.2 Å². The number of nitriles is 1. The van der Waals surface area contributed by atoms with Crippen molar-refractivity contribution in [1.29, 1.82) is 5.26 Å². The van der Waals surface area contributed by atoms with Crippen LogP contribution in [0.3, 0.4) is 0 Å². The van der Waals surface area contributed by atoms with E-state index in [0.29, 0.717) is 31.9 Å². The largest absolute Gasteiger partial charge is 0.385 e. The predicted octanol–water partition coefficient (Wildman–Crippen LogP) is 1.08. The van der Waals surface area contributed by atoms with Crippen LogP contribution in [0, 0.1) is 22.7 Å². The van der Waals surface area contributed by atoms with Gasteiger partial charge >= 0.3 is 0 Å². The van der Waals surface area contributed by atoms with Gasteiger partial charge in [0.25, 0.3) is 0 Å². The third-order valence-corrected chi connectivity index (χ3v) is 2.85. The minimum Gasteiger partial charge on any atom is -0.385 e. The number of rotatable bonds is 5. The molecule has 1 rings (SSSR count). The Hall–Kier alpha value is -1.08. The van der Waals surface area contributed by atoms with Crippen LogP contribution in [0.15, 0.2) is 0 Å². The van der Waals surface area contributed by atoms with Crippen molar-refractivity contribution in [3.8, 4) is 6.07 Å². The lowest BCUT2D eigenvalue weighted by Crippen LogP contribution is -2.48. The molecule has 0 saturated heterocycles. The number of ether oxygens (including phenoxy) is 1. The highest BCUT2D eigenvalue weighted by molar-refractivity contribution is 5.86. The first-order valence-corrected chi connectivity index (χ1v) is 5.33. The summed E-state index contributed by atoms with van der Waals surface area (Å²) in [6.45, 7) is 3.29. The minimum absolute atomic E-state index is 0.112. The third kappa shape index (κ3) is 2.69. The molecule has 1 saturated carbocycles. The van der Waals surface area contributed by atoms with Gasteiger partial charge in [0.05, 0.1) is 6.07 Å². The van der Waals surface area contributed by atoms with E-state index in [9.17, 15) is 4.79 Å². The van der Waals surface area contributed by atoms with Crippen molar-refractivity contribution in [3.63, 3.8) is 0 Å². The first kappa shape index (κ1) is 12.0. The summed E-state index contributed by atoms with van der Waals surface area (Å²) in [5.74, 6) is 0.383. The Bertz CT molecular complexity index is 264. The number of hydrogen-bond acceptors (Lipinski definition) is 3. The van der Waals surface area contributed by atoms with Gasteiger partial charge in [0.1, 0.15) is 5.41 Å². The summed E-state index contributed by atoms with van der Waals surface area (Å²) in [7, 11) is 1.63. The second-order valence-electron chi connectivity index (χ2n) is 4.31. The van der Waals surface area contributed by atoms with E-state index in [2.05, 4.69) is 18.3 Å². The van der Waals surface area contributed by atoms with Crippen molar-refractivity contribution < 1.29 is 9.53 Å². The van der Waals surface area contributed by atoms with Gasteiger partial charge in [0, 0.05) is 20.3 Å². The van der Waals surface area contributed by atoms with Crippen LogP contribution in [0.1, 0.15) is 26.2 Å². The Labute approximate surface area is 90.6 Å². The zero-order valence-corrected chi connectivity index (χ0v) is 9.38. The fraction of sp³-hybridized carbons (Fsp3) is 0.818. The fourth-order valence-corrected chi connectivity index (χ4v) is 2.05. The molecule has 0 radical (unpaired) electrons. The quantitative estimate of drug-likeness (QED) is 0.691. The standard InChI is InChI=1S/C11H18N2O2/c1-9-6-11(7-9,8-12)10(14)13-4-3-5-15-2/h9H,3-7H2,1-2H3,(H,13,14). The molecule has 84 valence electrons. The topological polar surface area (TPSA) is 62.1 Å². The Morgan fingerprint density at radius 2 is 2.33 bits per heavy atom. The monoisotopic (exact) mass is 210 g/mol. The maximum absolute atomic E-state index is 11.7. The molecular formula is C11H18N2O2. The molecule has 1 amide bonds. The van der Waals surface area contributed by atoms with E-state index in [-0.39, 0.29) is 5.91 Å². The Morgan fingerprint density at radius 1 is 1.67 bits per heavy atom. The van der Waals surface area contributed by atoms with Crippen molar-refractivity contribution in [2.75, 3.05) is 20.3 Å². The molecule has 0 aromatic carbocycles. The SMILES string of the molecule is COCCCNC(=O)C1(C#N)CC(C)C1. The van der Waals surface area contributed by atoms with Gasteiger partial charge in [-0.1, -0.05) is 6.92 Å². The van der Waals surface area contributed by atoms with Gasteiger partial charge in [-0.25, -0.2) is 0 Å². The van der Waals surface area contributed by atoms with Gasteiger partial charge in [0.2, 0.25) is 5.91 Å². The Kier molecular flexibility index (Phi) is 4.10. The fourth-order valence-electron chi connectivity index (χ4n) is 2.05. The molecular weight excluding hydrogens is 192 g/mol. The van der Waals surface area contributed by atoms with Crippen LogP contribution in [-0.4, -0.2) is 26.2 Å². The van der Waals surface area contributed by atoms with E-state index >= 15 is 0 Å². The van der Waals surface area contributed by atoms with E-state index in [0.717, 1.165) is 6.42 Å². The van der Waals surface area contributed by atoms with Crippen molar-refractivity contribution in [3.05, 3.63) is 0 Å². The van der Waals surface area contributed by atoms with E-state index in [1.165, 1.54) is 0 Å². The highest BCUT2D eigenvalue weighted by Crippen LogP contribution is 2.44. The first-order chi connectivity index (χ1) is 7.14. The molecule has 0 atom stereocenters. The number of methoxy groups -OCH3 is 1. The molecule has 4 heteroatoms. The Balaban J connectivity index is 2.30. The minimum atomic E-state index is -0.744. The highest BCUT2D eigenvalue weighted by atomic mass is 16.5. The number of amides is 1. The smallest absolute Gasteiger partial charge is 0.240 e. The molecule has 0 spiro atoms. The molecule has 1 aliphatic rings. The average molecular weight is 210 g/mol. The van der Waals surface area contributed by atoms with E-state index in [1.807, 2.05) is 0 Å². The normalized spacial score (nSPS) is 29.0. The summed E-state index contributed by atoms with van der Waals surface area (Å²) in [6.07, 6.45) is 2.18. The summed E-state index contributed by atoms with van der Waals surface area (Å²) in [4.78, 5) is 11.7. The van der Waals surface area contributed by atoms with Gasteiger partial charge < -0.3 is 10.1 Å². The van der Waals surface area contributed by atoms with Gasteiger partial charge in [-0.2, -0.15) is 5.26 Å². The zero-order valence-electron chi connectivity index (χ0n) is 9.38. The summed E-state index contributed by atoms with van der Waals surface area (Å²) in [5.41, 5.74) is -0.744. The predicted molar refractivity (Wildman–Crippen MR) is 55.9 cm³/mol. The van der Waals surface area contributed by atoms with Crippen molar-refractivity contribution in [1.82, 2.24) is 5.32 Å². The van der Waals surface area contributed by atoms with Gasteiger partial charge in [-0.15, -0.1) is 0 Å².